The number of hydrogen-bond donors (Lipinski definition) is 0. The van der Waals surface area contributed by atoms with Crippen molar-refractivity contribution in [2.24, 2.45) is 0 Å². The Morgan fingerprint density at radius 1 is 1.14 bits per heavy atom. The number of rotatable bonds is 6. The predicted molar refractivity (Wildman–Crippen MR) is 87.2 cm³/mol. The van der Waals surface area contributed by atoms with Crippen LogP contribution in [0.2, 0.25) is 0 Å². The molecule has 110 valence electrons. The van der Waals surface area contributed by atoms with Gasteiger partial charge in [-0.1, -0.05) is 52.3 Å². The largest absolute Gasteiger partial charge is 0.461 e. The monoisotopic (exact) mass is 347 g/mol. The van der Waals surface area contributed by atoms with Crippen molar-refractivity contribution in [3.63, 3.8) is 0 Å². The first-order valence-electron chi connectivity index (χ1n) is 6.80. The van der Waals surface area contributed by atoms with Gasteiger partial charge in [-0.3, -0.25) is 4.90 Å². The Labute approximate surface area is 133 Å². The molecule has 0 atom stereocenters. The molecule has 0 aliphatic heterocycles. The van der Waals surface area contributed by atoms with Gasteiger partial charge in [0.15, 0.2) is 0 Å². The standard InChI is InChI=1S/C17H18BrNO2/c1-19(13-14-6-3-2-4-7-14)10-11-21-17(20)15-8-5-9-16(18)12-15/h2-9,12H,10-11,13H2,1H3. The number of carbonyl (C=O) groups excluding carboxylic acids is 1. The molecule has 0 spiro atoms. The molecule has 0 saturated heterocycles. The van der Waals surface area contributed by atoms with Gasteiger partial charge in [-0.2, -0.15) is 0 Å². The minimum atomic E-state index is -0.288. The Kier molecular flexibility index (Phi) is 5.96. The van der Waals surface area contributed by atoms with E-state index in [1.807, 2.05) is 37.4 Å². The summed E-state index contributed by atoms with van der Waals surface area (Å²) >= 11 is 3.34. The molecule has 0 aliphatic rings. The van der Waals surface area contributed by atoms with Crippen LogP contribution in [0.3, 0.4) is 0 Å². The van der Waals surface area contributed by atoms with Crippen molar-refractivity contribution in [3.8, 4) is 0 Å². The highest BCUT2D eigenvalue weighted by Gasteiger charge is 2.08. The van der Waals surface area contributed by atoms with Gasteiger partial charge in [-0.15, -0.1) is 0 Å². The minimum absolute atomic E-state index is 0.288. The van der Waals surface area contributed by atoms with Gasteiger partial charge < -0.3 is 4.74 Å². The van der Waals surface area contributed by atoms with Gasteiger partial charge in [-0.25, -0.2) is 4.79 Å². The highest BCUT2D eigenvalue weighted by molar-refractivity contribution is 9.10. The molecule has 0 unspecified atom stereocenters. The molecule has 0 heterocycles. The van der Waals surface area contributed by atoms with Gasteiger partial charge in [-0.05, 0) is 30.8 Å². The van der Waals surface area contributed by atoms with Crippen LogP contribution in [0.4, 0.5) is 0 Å². The third-order valence-electron chi connectivity index (χ3n) is 3.06. The van der Waals surface area contributed by atoms with Gasteiger partial charge in [0.25, 0.3) is 0 Å². The van der Waals surface area contributed by atoms with E-state index in [1.165, 1.54) is 5.56 Å². The van der Waals surface area contributed by atoms with E-state index >= 15 is 0 Å². The Balaban J connectivity index is 1.75. The third-order valence-corrected chi connectivity index (χ3v) is 3.56. The Bertz CT molecular complexity index is 586. The molecule has 0 amide bonds. The smallest absolute Gasteiger partial charge is 0.338 e. The van der Waals surface area contributed by atoms with Crippen LogP contribution in [0.5, 0.6) is 0 Å². The summed E-state index contributed by atoms with van der Waals surface area (Å²) < 4.78 is 6.16. The maximum atomic E-state index is 11.9. The van der Waals surface area contributed by atoms with Crippen molar-refractivity contribution in [2.45, 2.75) is 6.54 Å². The molecule has 0 saturated carbocycles. The van der Waals surface area contributed by atoms with Gasteiger partial charge >= 0.3 is 5.97 Å². The maximum absolute atomic E-state index is 11.9. The van der Waals surface area contributed by atoms with Crippen LogP contribution >= 0.6 is 15.9 Å². The number of benzene rings is 2. The molecule has 0 bridgehead atoms. The molecule has 0 fully saturated rings. The second-order valence-corrected chi connectivity index (χ2v) is 5.79. The lowest BCUT2D eigenvalue weighted by atomic mass is 10.2. The summed E-state index contributed by atoms with van der Waals surface area (Å²) in [7, 11) is 2.01. The second kappa shape index (κ2) is 7.96. The fourth-order valence-corrected chi connectivity index (χ4v) is 2.37. The number of halogens is 1. The Hall–Kier alpha value is -1.65. The summed E-state index contributed by atoms with van der Waals surface area (Å²) in [5.74, 6) is -0.288. The number of esters is 1. The summed E-state index contributed by atoms with van der Waals surface area (Å²) in [6.45, 7) is 1.93. The van der Waals surface area contributed by atoms with Crippen LogP contribution in [0.1, 0.15) is 15.9 Å². The average Bonchev–Trinajstić information content (AvgIpc) is 2.48. The molecule has 0 N–H and O–H groups in total. The van der Waals surface area contributed by atoms with E-state index < -0.39 is 0 Å². The summed E-state index contributed by atoms with van der Waals surface area (Å²) in [6, 6.07) is 17.4. The summed E-state index contributed by atoms with van der Waals surface area (Å²) in [5.41, 5.74) is 1.81. The first kappa shape index (κ1) is 15.7. The van der Waals surface area contributed by atoms with Crippen molar-refractivity contribution in [3.05, 3.63) is 70.2 Å². The Morgan fingerprint density at radius 3 is 2.62 bits per heavy atom. The fourth-order valence-electron chi connectivity index (χ4n) is 1.97. The lowest BCUT2D eigenvalue weighted by molar-refractivity contribution is 0.0470. The van der Waals surface area contributed by atoms with E-state index in [-0.39, 0.29) is 5.97 Å². The topological polar surface area (TPSA) is 29.5 Å². The van der Waals surface area contributed by atoms with Gasteiger partial charge in [0, 0.05) is 17.6 Å². The highest BCUT2D eigenvalue weighted by Crippen LogP contribution is 2.12. The highest BCUT2D eigenvalue weighted by atomic mass is 79.9. The van der Waals surface area contributed by atoms with Crippen LogP contribution in [-0.2, 0) is 11.3 Å². The predicted octanol–water partition coefficient (Wildman–Crippen LogP) is 3.74. The van der Waals surface area contributed by atoms with Crippen molar-refractivity contribution >= 4 is 21.9 Å². The minimum Gasteiger partial charge on any atom is -0.461 e. The van der Waals surface area contributed by atoms with Crippen molar-refractivity contribution in [2.75, 3.05) is 20.2 Å². The number of ether oxygens (including phenoxy) is 1. The van der Waals surface area contributed by atoms with Gasteiger partial charge in [0.1, 0.15) is 6.61 Å². The normalized spacial score (nSPS) is 10.6. The molecule has 21 heavy (non-hydrogen) atoms. The zero-order valence-electron chi connectivity index (χ0n) is 12.0. The molecule has 4 heteroatoms. The SMILES string of the molecule is CN(CCOC(=O)c1cccc(Br)c1)Cc1ccccc1. The molecule has 2 aromatic carbocycles. The van der Waals surface area contributed by atoms with E-state index in [9.17, 15) is 4.79 Å². The second-order valence-electron chi connectivity index (χ2n) is 4.87. The first-order chi connectivity index (χ1) is 10.1. The molecule has 2 aromatic rings. The maximum Gasteiger partial charge on any atom is 0.338 e. The number of nitrogens with zero attached hydrogens (tertiary/aromatic N) is 1. The first-order valence-corrected chi connectivity index (χ1v) is 7.59. The number of hydrogen-bond acceptors (Lipinski definition) is 3. The van der Waals surface area contributed by atoms with Gasteiger partial charge in [0.2, 0.25) is 0 Å². The quantitative estimate of drug-likeness (QED) is 0.745. The molecular weight excluding hydrogens is 330 g/mol. The zero-order valence-corrected chi connectivity index (χ0v) is 13.5. The summed E-state index contributed by atoms with van der Waals surface area (Å²) in [5, 5.41) is 0. The van der Waals surface area contributed by atoms with Crippen LogP contribution in [0, 0.1) is 0 Å². The molecule has 0 aromatic heterocycles. The van der Waals surface area contributed by atoms with E-state index in [1.54, 1.807) is 12.1 Å². The third kappa shape index (κ3) is 5.33. The number of carbonyl (C=O) groups is 1. The van der Waals surface area contributed by atoms with E-state index in [0.717, 1.165) is 11.0 Å². The number of likely N-dealkylation sites (N-methyl/N-ethyl adjacent to an activating group) is 1. The van der Waals surface area contributed by atoms with E-state index in [4.69, 9.17) is 4.74 Å². The molecular formula is C17H18BrNO2. The molecule has 0 radical (unpaired) electrons. The van der Waals surface area contributed by atoms with Crippen molar-refractivity contribution in [1.82, 2.24) is 4.90 Å². The molecule has 2 rings (SSSR count). The Morgan fingerprint density at radius 2 is 1.90 bits per heavy atom. The van der Waals surface area contributed by atoms with Crippen LogP contribution in [-0.4, -0.2) is 31.1 Å². The van der Waals surface area contributed by atoms with Crippen molar-refractivity contribution < 1.29 is 9.53 Å². The lowest BCUT2D eigenvalue weighted by Crippen LogP contribution is -2.24. The summed E-state index contributed by atoms with van der Waals surface area (Å²) in [4.78, 5) is 14.0. The van der Waals surface area contributed by atoms with Crippen LogP contribution in [0.25, 0.3) is 0 Å². The van der Waals surface area contributed by atoms with E-state index in [0.29, 0.717) is 18.7 Å². The van der Waals surface area contributed by atoms with E-state index in [2.05, 4.69) is 33.0 Å². The molecule has 0 aliphatic carbocycles. The van der Waals surface area contributed by atoms with Crippen molar-refractivity contribution in [1.29, 1.82) is 0 Å². The zero-order chi connectivity index (χ0) is 15.1. The van der Waals surface area contributed by atoms with Gasteiger partial charge in [0.05, 0.1) is 5.56 Å². The fraction of sp³-hybridized carbons (Fsp3) is 0.235. The average molecular weight is 348 g/mol. The molecule has 3 nitrogen and oxygen atoms in total. The van der Waals surface area contributed by atoms with Crippen LogP contribution < -0.4 is 0 Å². The summed E-state index contributed by atoms with van der Waals surface area (Å²) in [6.07, 6.45) is 0. The van der Waals surface area contributed by atoms with Crippen LogP contribution in [0.15, 0.2) is 59.1 Å². The lowest BCUT2D eigenvalue weighted by Gasteiger charge is -2.16.